The van der Waals surface area contributed by atoms with Gasteiger partial charge in [-0.15, -0.1) is 0 Å². The van der Waals surface area contributed by atoms with Gasteiger partial charge in [0, 0.05) is 33.5 Å². The summed E-state index contributed by atoms with van der Waals surface area (Å²) in [5.41, 5.74) is 2.21. The minimum absolute atomic E-state index is 0.197. The third-order valence-corrected chi connectivity index (χ3v) is 4.64. The fraction of sp³-hybridized carbons (Fsp3) is 0.176. The number of hydrazone groups is 1. The first-order chi connectivity index (χ1) is 11.7. The quantitative estimate of drug-likeness (QED) is 0.388. The zero-order valence-electron chi connectivity index (χ0n) is 13.1. The zero-order valence-corrected chi connectivity index (χ0v) is 14.7. The Balaban J connectivity index is 1.74. The molecule has 0 spiro atoms. The van der Waals surface area contributed by atoms with E-state index >= 15 is 0 Å². The molecule has 1 atom stereocenters. The fourth-order valence-corrected chi connectivity index (χ4v) is 3.40. The molecule has 0 aliphatic carbocycles. The number of halogens is 1. The highest BCUT2D eigenvalue weighted by Crippen LogP contribution is 2.27. The van der Waals surface area contributed by atoms with E-state index in [0.717, 1.165) is 10.6 Å². The number of hydrogen-bond donors (Lipinski definition) is 1. The van der Waals surface area contributed by atoms with Crippen molar-refractivity contribution in [1.82, 2.24) is 5.01 Å². The van der Waals surface area contributed by atoms with Crippen LogP contribution in [0, 0.1) is 0 Å². The molecule has 0 bridgehead atoms. The van der Waals surface area contributed by atoms with Crippen molar-refractivity contribution in [3.8, 4) is 0 Å². The van der Waals surface area contributed by atoms with Crippen molar-refractivity contribution in [2.24, 2.45) is 15.4 Å². The summed E-state index contributed by atoms with van der Waals surface area (Å²) >= 11 is 7.22. The molecule has 0 amide bonds. The summed E-state index contributed by atoms with van der Waals surface area (Å²) in [4.78, 5) is 5.83. The predicted molar refractivity (Wildman–Crippen MR) is 99.0 cm³/mol. The van der Waals surface area contributed by atoms with Gasteiger partial charge in [0.05, 0.1) is 6.54 Å². The van der Waals surface area contributed by atoms with Crippen LogP contribution >= 0.6 is 23.5 Å². The van der Waals surface area contributed by atoms with Crippen LogP contribution in [0.1, 0.15) is 18.4 Å². The van der Waals surface area contributed by atoms with Crippen LogP contribution in [0.25, 0.3) is 0 Å². The molecule has 0 aromatic heterocycles. The average molecular weight is 361 g/mol. The highest BCUT2D eigenvalue weighted by molar-refractivity contribution is 7.98. The van der Waals surface area contributed by atoms with E-state index < -0.39 is 0 Å². The minimum Gasteiger partial charge on any atom is -0.371 e. The molecule has 2 aromatic rings. The first-order valence-electron chi connectivity index (χ1n) is 7.42. The topological polar surface area (TPSA) is 63.2 Å². The minimum atomic E-state index is 0.197. The summed E-state index contributed by atoms with van der Waals surface area (Å²) in [6.45, 7) is 2.64. The third-order valence-electron chi connectivity index (χ3n) is 3.69. The Bertz CT molecular complexity index is 766. The molecule has 24 heavy (non-hydrogen) atoms. The smallest absolute Gasteiger partial charge is 0.339 e. The molecule has 1 unspecified atom stereocenters. The molecule has 124 valence electrons. The lowest BCUT2D eigenvalue weighted by Gasteiger charge is -2.15. The van der Waals surface area contributed by atoms with Crippen LogP contribution in [0.4, 0.5) is 0 Å². The van der Waals surface area contributed by atoms with Crippen LogP contribution in [0.3, 0.4) is 0 Å². The zero-order chi connectivity index (χ0) is 16.9. The van der Waals surface area contributed by atoms with Crippen LogP contribution in [-0.2, 0) is 4.84 Å². The summed E-state index contributed by atoms with van der Waals surface area (Å²) in [7, 11) is 0. The van der Waals surface area contributed by atoms with Gasteiger partial charge < -0.3 is 4.84 Å². The average Bonchev–Trinajstić information content (AvgIpc) is 2.98. The molecule has 0 saturated heterocycles. The van der Waals surface area contributed by atoms with Crippen molar-refractivity contribution in [1.29, 1.82) is 0 Å². The predicted octanol–water partition coefficient (Wildman–Crippen LogP) is 4.07. The fourth-order valence-electron chi connectivity index (χ4n) is 2.50. The normalized spacial score (nSPS) is 17.8. The van der Waals surface area contributed by atoms with Gasteiger partial charge in [0.2, 0.25) is 0 Å². The SMILES string of the molecule is CC1=NN(/C(=N/Sc2cccc(Cl)c2)ON)CC1c1ccccc1. The monoisotopic (exact) mass is 360 g/mol. The molecular formula is C17H17ClN4OS. The Morgan fingerprint density at radius 3 is 2.79 bits per heavy atom. The lowest BCUT2D eigenvalue weighted by atomic mass is 9.96. The molecular weight excluding hydrogens is 344 g/mol. The lowest BCUT2D eigenvalue weighted by molar-refractivity contribution is 0.248. The maximum Gasteiger partial charge on any atom is 0.339 e. The van der Waals surface area contributed by atoms with E-state index in [0.29, 0.717) is 11.6 Å². The van der Waals surface area contributed by atoms with Crippen molar-refractivity contribution in [3.05, 3.63) is 65.2 Å². The molecule has 1 aliphatic heterocycles. The Labute approximate surface area is 150 Å². The van der Waals surface area contributed by atoms with Gasteiger partial charge in [-0.2, -0.15) is 15.4 Å². The van der Waals surface area contributed by atoms with E-state index in [1.165, 1.54) is 17.5 Å². The van der Waals surface area contributed by atoms with Gasteiger partial charge in [-0.05, 0) is 30.7 Å². The molecule has 0 radical (unpaired) electrons. The highest BCUT2D eigenvalue weighted by atomic mass is 35.5. The first kappa shape index (κ1) is 16.8. The van der Waals surface area contributed by atoms with Crippen molar-refractivity contribution in [2.45, 2.75) is 17.7 Å². The highest BCUT2D eigenvalue weighted by Gasteiger charge is 2.28. The summed E-state index contributed by atoms with van der Waals surface area (Å²) in [5, 5.41) is 6.86. The van der Waals surface area contributed by atoms with Gasteiger partial charge >= 0.3 is 6.02 Å². The second-order valence-corrected chi connectivity index (χ2v) is 6.60. The van der Waals surface area contributed by atoms with E-state index in [-0.39, 0.29) is 11.9 Å². The van der Waals surface area contributed by atoms with E-state index in [2.05, 4.69) is 21.6 Å². The Kier molecular flexibility index (Phi) is 5.40. The Morgan fingerprint density at radius 2 is 2.08 bits per heavy atom. The molecule has 3 rings (SSSR count). The first-order valence-corrected chi connectivity index (χ1v) is 8.57. The maximum atomic E-state index is 5.98. The van der Waals surface area contributed by atoms with Crippen molar-refractivity contribution < 1.29 is 4.84 Å². The third kappa shape index (κ3) is 3.90. The van der Waals surface area contributed by atoms with Crippen molar-refractivity contribution >= 4 is 35.3 Å². The molecule has 0 saturated carbocycles. The van der Waals surface area contributed by atoms with Gasteiger partial charge in [-0.25, -0.2) is 5.01 Å². The molecule has 1 heterocycles. The molecule has 5 nitrogen and oxygen atoms in total. The number of benzene rings is 2. The molecule has 1 aliphatic rings. The maximum absolute atomic E-state index is 5.98. The summed E-state index contributed by atoms with van der Waals surface area (Å²) in [6.07, 6.45) is 0. The number of amidine groups is 1. The van der Waals surface area contributed by atoms with Crippen LogP contribution in [-0.4, -0.2) is 23.3 Å². The van der Waals surface area contributed by atoms with Gasteiger partial charge in [0.15, 0.2) is 0 Å². The van der Waals surface area contributed by atoms with Crippen molar-refractivity contribution in [2.75, 3.05) is 6.54 Å². The van der Waals surface area contributed by atoms with E-state index in [1.54, 1.807) is 5.01 Å². The van der Waals surface area contributed by atoms with Gasteiger partial charge in [0.1, 0.15) is 0 Å². The summed E-state index contributed by atoms with van der Waals surface area (Å²) < 4.78 is 4.34. The molecule has 2 N–H and O–H groups in total. The second kappa shape index (κ2) is 7.70. The Morgan fingerprint density at radius 1 is 1.29 bits per heavy atom. The van der Waals surface area contributed by atoms with Crippen LogP contribution in [0.2, 0.25) is 5.02 Å². The number of nitrogens with zero attached hydrogens (tertiary/aromatic N) is 3. The summed E-state index contributed by atoms with van der Waals surface area (Å²) in [6, 6.07) is 17.9. The summed E-state index contributed by atoms with van der Waals surface area (Å²) in [5.74, 6) is 5.59. The lowest BCUT2D eigenvalue weighted by Crippen LogP contribution is -2.29. The van der Waals surface area contributed by atoms with Gasteiger partial charge in [-0.1, -0.05) is 48.0 Å². The number of hydrogen-bond acceptors (Lipinski definition) is 5. The van der Waals surface area contributed by atoms with Gasteiger partial charge in [0.25, 0.3) is 0 Å². The van der Waals surface area contributed by atoms with Crippen LogP contribution < -0.4 is 5.90 Å². The van der Waals surface area contributed by atoms with Crippen molar-refractivity contribution in [3.63, 3.8) is 0 Å². The standard InChI is InChI=1S/C17H17ClN4OS/c1-12-16(13-6-3-2-4-7-13)11-22(20-12)17(23-19)21-24-15-9-5-8-14(18)10-15/h2-10,16H,11,19H2,1H3/b21-17-. The molecule has 2 aromatic carbocycles. The second-order valence-electron chi connectivity index (χ2n) is 5.33. The van der Waals surface area contributed by atoms with E-state index in [9.17, 15) is 0 Å². The van der Waals surface area contributed by atoms with Gasteiger partial charge in [-0.3, -0.25) is 0 Å². The number of rotatable bonds is 3. The number of nitrogens with two attached hydrogens (primary N) is 1. The Hall–Kier alpha value is -2.02. The largest absolute Gasteiger partial charge is 0.371 e. The van der Waals surface area contributed by atoms with E-state index in [1.807, 2.05) is 49.4 Å². The van der Waals surface area contributed by atoms with E-state index in [4.69, 9.17) is 22.3 Å². The molecule has 7 heteroatoms. The van der Waals surface area contributed by atoms with Crippen LogP contribution in [0.15, 0.2) is 69.0 Å². The molecule has 0 fully saturated rings. The van der Waals surface area contributed by atoms with Crippen LogP contribution in [0.5, 0.6) is 0 Å².